The van der Waals surface area contributed by atoms with Crippen LogP contribution in [0.25, 0.3) is 22.3 Å². The Morgan fingerprint density at radius 1 is 0.350 bits per heavy atom. The van der Waals surface area contributed by atoms with Gasteiger partial charge >= 0.3 is 53.9 Å². The minimum Gasteiger partial charge on any atom is -0.458 e. The Kier molecular flexibility index (Phi) is 35.1. The molecule has 2 aliphatic carbocycles. The van der Waals surface area contributed by atoms with E-state index in [9.17, 15) is 55.9 Å². The summed E-state index contributed by atoms with van der Waals surface area (Å²) in [7, 11) is 0. The van der Waals surface area contributed by atoms with Gasteiger partial charge in [-0.3, -0.25) is 0 Å². The summed E-state index contributed by atoms with van der Waals surface area (Å²) in [5.41, 5.74) is 7.41. The van der Waals surface area contributed by atoms with Crippen LogP contribution in [0.15, 0.2) is 207 Å². The van der Waals surface area contributed by atoms with Crippen LogP contribution in [0.5, 0.6) is 23.0 Å². The number of rotatable bonds is 38. The maximum Gasteiger partial charge on any atom is 0.422 e. The quantitative estimate of drug-likeness (QED) is 0.00879. The highest BCUT2D eigenvalue weighted by Gasteiger charge is 2.38. The number of benzene rings is 8. The van der Waals surface area contributed by atoms with Gasteiger partial charge in [-0.2, -0.15) is 17.6 Å². The van der Waals surface area contributed by atoms with E-state index in [0.29, 0.717) is 17.4 Å². The van der Waals surface area contributed by atoms with Gasteiger partial charge in [0.05, 0.1) is 22.3 Å². The van der Waals surface area contributed by atoms with E-state index in [1.165, 1.54) is 169 Å². The van der Waals surface area contributed by atoms with Crippen LogP contribution in [-0.2, 0) is 41.4 Å². The third-order valence-electron chi connectivity index (χ3n) is 21.6. The maximum atomic E-state index is 13.5. The van der Waals surface area contributed by atoms with E-state index in [0.717, 1.165) is 78.2 Å². The fourth-order valence-corrected chi connectivity index (χ4v) is 14.5. The smallest absolute Gasteiger partial charge is 0.422 e. The highest BCUT2D eigenvalue weighted by molar-refractivity contribution is 5.99. The van der Waals surface area contributed by atoms with Crippen molar-refractivity contribution in [1.29, 1.82) is 0 Å². The van der Waals surface area contributed by atoms with Gasteiger partial charge in [-0.15, -0.1) is 0 Å². The highest BCUT2D eigenvalue weighted by atomic mass is 19.4. The third kappa shape index (κ3) is 28.0. The molecule has 0 heterocycles. The van der Waals surface area contributed by atoms with Gasteiger partial charge in [0.15, 0.2) is 0 Å². The van der Waals surface area contributed by atoms with E-state index in [-0.39, 0.29) is 50.8 Å². The lowest BCUT2D eigenvalue weighted by atomic mass is 9.77. The Bertz CT molecular complexity index is 4610. The fraction of sp³-hybridized carbons (Fsp3) is 0.381. The number of hydrogen-bond donors (Lipinski definition) is 0. The largest absolute Gasteiger partial charge is 0.458 e. The molecule has 0 bridgehead atoms. The van der Waals surface area contributed by atoms with E-state index in [4.69, 9.17) is 28.4 Å². The zero-order valence-corrected chi connectivity index (χ0v) is 67.4. The molecule has 20 heteroatoms. The van der Waals surface area contributed by atoms with Crippen molar-refractivity contribution in [2.75, 3.05) is 26.4 Å². The molecule has 0 radical (unpaired) electrons. The number of esters is 8. The number of hydrogen-bond acceptors (Lipinski definition) is 16. The van der Waals surface area contributed by atoms with Gasteiger partial charge in [0.2, 0.25) is 5.83 Å². The molecule has 117 heavy (non-hydrogen) atoms. The van der Waals surface area contributed by atoms with E-state index in [1.807, 2.05) is 72.8 Å². The summed E-state index contributed by atoms with van der Waals surface area (Å²) in [6.45, 7) is 12.0. The Balaban J connectivity index is 0.000000276. The molecule has 0 spiro atoms. The predicted molar refractivity (Wildman–Crippen MR) is 441 cm³/mol. The van der Waals surface area contributed by atoms with Gasteiger partial charge in [-0.25, -0.2) is 38.4 Å². The Morgan fingerprint density at radius 3 is 0.991 bits per heavy atom. The first-order valence-corrected chi connectivity index (χ1v) is 41.0. The first-order chi connectivity index (χ1) is 56.5. The van der Waals surface area contributed by atoms with Crippen LogP contribution in [0.1, 0.15) is 265 Å². The van der Waals surface area contributed by atoms with Crippen LogP contribution in [0.4, 0.5) is 17.6 Å². The molecule has 8 aromatic rings. The van der Waals surface area contributed by atoms with Gasteiger partial charge in [0, 0.05) is 0 Å². The van der Waals surface area contributed by atoms with Crippen molar-refractivity contribution in [2.45, 2.75) is 200 Å². The molecule has 0 saturated heterocycles. The lowest BCUT2D eigenvalue weighted by Crippen LogP contribution is -2.23. The molecule has 618 valence electrons. The van der Waals surface area contributed by atoms with Crippen LogP contribution >= 0.6 is 0 Å². The van der Waals surface area contributed by atoms with Crippen molar-refractivity contribution in [2.24, 2.45) is 11.8 Å². The molecular formula is C97H106F4O16. The van der Waals surface area contributed by atoms with Crippen molar-refractivity contribution in [3.63, 3.8) is 0 Å². The topological polar surface area (TPSA) is 210 Å². The molecule has 2 aliphatic rings. The van der Waals surface area contributed by atoms with Crippen LogP contribution in [0.3, 0.4) is 0 Å². The maximum absolute atomic E-state index is 13.5. The van der Waals surface area contributed by atoms with Crippen LogP contribution in [0.2, 0.25) is 0 Å². The number of carbonyl (C=O) groups excluding carboxylic acids is 8. The highest BCUT2D eigenvalue weighted by Crippen LogP contribution is 2.41. The van der Waals surface area contributed by atoms with Gasteiger partial charge in [-0.1, -0.05) is 228 Å². The molecule has 16 nitrogen and oxygen atoms in total. The van der Waals surface area contributed by atoms with Crippen molar-refractivity contribution in [1.82, 2.24) is 0 Å². The van der Waals surface area contributed by atoms with Gasteiger partial charge in [-0.05, 0) is 217 Å². The SMILES string of the molecule is C=C(C(=O)OCCOC(=O)c1cc(OC(=O)c2ccc(C3CCC(CCCCCCCC)CC3)cc2)ccc1OC(=O)c1ccc(C2CCC(CCCCCCCC)CC2)cc1)C(F)(F)F.C=C(F)C(=O)OCCOC(=O)c1cc(OC(=O)c2ccc(-c3ccc(CC)cc3)cc2)ccc1OC(=O)c1ccc(-c2ccc(CC)cc2)cc1. The second-order valence-electron chi connectivity index (χ2n) is 29.8. The zero-order chi connectivity index (χ0) is 83.6. The Labute approximate surface area is 683 Å². The lowest BCUT2D eigenvalue weighted by molar-refractivity contribution is -0.151. The number of unbranched alkanes of at least 4 members (excludes halogenated alkanes) is 10. The standard InChI is InChI=1S/C55H71F3O8.C42H35FO8/c1-4-6-8-10-12-14-16-40-18-22-42(23-19-40)44-26-30-46(31-27-44)52(60)65-48-34-35-50(49(38-48)54(62)64-37-36-63-51(59)39(3)55(56,57)58)66-53(61)47-32-28-45(29-33-47)43-24-20-41(21-25-43)17-15-13-11-9-7-5-2;1-4-28-6-10-30(11-7-28)32-14-18-34(19-15-32)40(45)50-36-22-23-38(37(26-36)42(47)49-25-24-48-39(44)27(3)43)51-41(46)35-20-16-33(17-21-35)31-12-8-29(5-2)9-13-31/h26-35,38,40-43H,3-25,36-37H2,1-2H3;6-23,26H,3-5,24-25H2,1-2H3. The number of halogens is 4. The summed E-state index contributed by atoms with van der Waals surface area (Å²) in [6.07, 6.45) is 24.5. The second-order valence-corrected chi connectivity index (χ2v) is 29.8. The fourth-order valence-electron chi connectivity index (χ4n) is 14.5. The van der Waals surface area contributed by atoms with Crippen molar-refractivity contribution >= 4 is 47.8 Å². The summed E-state index contributed by atoms with van der Waals surface area (Å²) in [6, 6.07) is 52.3. The van der Waals surface area contributed by atoms with Gasteiger partial charge in [0.1, 0.15) is 66.1 Å². The summed E-state index contributed by atoms with van der Waals surface area (Å²) in [5, 5.41) is 0. The number of carbonyl (C=O) groups is 8. The monoisotopic (exact) mass is 1600 g/mol. The minimum atomic E-state index is -4.98. The zero-order valence-electron chi connectivity index (χ0n) is 67.4. The summed E-state index contributed by atoms with van der Waals surface area (Å²) < 4.78 is 93.6. The molecule has 2 saturated carbocycles. The van der Waals surface area contributed by atoms with E-state index in [2.05, 4.69) is 62.5 Å². The second kappa shape index (κ2) is 45.9. The summed E-state index contributed by atoms with van der Waals surface area (Å²) >= 11 is 0. The third-order valence-corrected chi connectivity index (χ3v) is 21.6. The average Bonchev–Trinajstić information content (AvgIpc) is 0.802. The molecule has 10 rings (SSSR count). The Morgan fingerprint density at radius 2 is 0.658 bits per heavy atom. The number of alkyl halides is 3. The van der Waals surface area contributed by atoms with Crippen molar-refractivity contribution < 1.29 is 93.8 Å². The van der Waals surface area contributed by atoms with Crippen LogP contribution < -0.4 is 18.9 Å². The normalized spacial score (nSPS) is 15.1. The van der Waals surface area contributed by atoms with Crippen molar-refractivity contribution in [3.8, 4) is 45.3 Å². The van der Waals surface area contributed by atoms with Crippen LogP contribution in [-0.4, -0.2) is 80.4 Å². The molecule has 0 atom stereocenters. The molecule has 0 amide bonds. The molecule has 0 N–H and O–H groups in total. The first-order valence-electron chi connectivity index (χ1n) is 41.0. The van der Waals surface area contributed by atoms with E-state index in [1.54, 1.807) is 60.7 Å². The number of aryl methyl sites for hydroxylation is 2. The van der Waals surface area contributed by atoms with Gasteiger partial charge in [0.25, 0.3) is 0 Å². The average molecular weight is 1600 g/mol. The molecule has 0 aliphatic heterocycles. The van der Waals surface area contributed by atoms with Crippen LogP contribution in [0, 0.1) is 11.8 Å². The minimum absolute atomic E-state index is 0.0235. The first kappa shape index (κ1) is 89.6. The van der Waals surface area contributed by atoms with Gasteiger partial charge < -0.3 is 37.9 Å². The molecule has 2 fully saturated rings. The molecule has 0 unspecified atom stereocenters. The number of ether oxygens (including phenoxy) is 8. The Hall–Kier alpha value is -11.3. The lowest BCUT2D eigenvalue weighted by Gasteiger charge is -2.29. The van der Waals surface area contributed by atoms with Crippen molar-refractivity contribution in [3.05, 3.63) is 262 Å². The summed E-state index contributed by atoms with van der Waals surface area (Å²) in [4.78, 5) is 103. The predicted octanol–water partition coefficient (Wildman–Crippen LogP) is 23.8. The van der Waals surface area contributed by atoms with E-state index < -0.39 is 91.8 Å². The molecule has 0 aromatic heterocycles. The molecule has 8 aromatic carbocycles. The van der Waals surface area contributed by atoms with E-state index >= 15 is 0 Å². The summed E-state index contributed by atoms with van der Waals surface area (Å²) in [5.74, 6) is -7.21. The molecular weight excluding hydrogens is 1500 g/mol.